The van der Waals surface area contributed by atoms with E-state index in [1.807, 2.05) is 0 Å². The van der Waals surface area contributed by atoms with E-state index >= 15 is 0 Å². The first kappa shape index (κ1) is 11.2. The summed E-state index contributed by atoms with van der Waals surface area (Å²) in [5.41, 5.74) is 0.159. The van der Waals surface area contributed by atoms with Gasteiger partial charge in [0.1, 0.15) is 0 Å². The smallest absolute Gasteiger partial charge is 0.0832 e. The van der Waals surface area contributed by atoms with Crippen LogP contribution in [0.4, 0.5) is 0 Å². The summed E-state index contributed by atoms with van der Waals surface area (Å²) < 4.78 is 11.1. The van der Waals surface area contributed by atoms with Crippen molar-refractivity contribution in [3.63, 3.8) is 0 Å². The Morgan fingerprint density at radius 2 is 2.08 bits per heavy atom. The summed E-state index contributed by atoms with van der Waals surface area (Å²) in [5.74, 6) is 0. The maximum atomic E-state index is 5.82. The highest BCUT2D eigenvalue weighted by Gasteiger charge is 2.41. The fraction of sp³-hybridized carbons (Fsp3) is 1.00. The van der Waals surface area contributed by atoms with Gasteiger partial charge in [-0.3, -0.25) is 0 Å². The number of nitrogens with one attached hydrogen (secondary N) is 1. The van der Waals surface area contributed by atoms with Crippen LogP contribution in [0.3, 0.4) is 0 Å². The molecule has 2 aliphatic rings. The monoisotopic (exact) mass is 207 g/mol. The number of hydrogen-bond donors (Lipinski definition) is 1. The van der Waals surface area contributed by atoms with E-state index in [-0.39, 0.29) is 18.0 Å². The van der Waals surface area contributed by atoms with Crippen LogP contribution in [-0.4, -0.2) is 38.5 Å². The summed E-state index contributed by atoms with van der Waals surface area (Å²) in [4.78, 5) is 0. The van der Waals surface area contributed by atoms with Crippen LogP contribution in [0, 0.1) is 0 Å². The van der Waals surface area contributed by atoms with Crippen LogP contribution in [-0.2, 0) is 9.47 Å². The standard InChI is InChI=1S/C9H17NO2.ClH/c1-11-8-6-9(12-7-8)2-4-10-5-3-9;/h8,10H,2-7H2,1H3;1H. The molecule has 0 radical (unpaired) electrons. The van der Waals surface area contributed by atoms with Crippen molar-refractivity contribution in [2.45, 2.75) is 31.0 Å². The van der Waals surface area contributed by atoms with E-state index in [9.17, 15) is 0 Å². The Balaban J connectivity index is 0.000000845. The van der Waals surface area contributed by atoms with Gasteiger partial charge in [0, 0.05) is 13.5 Å². The maximum absolute atomic E-state index is 5.82. The van der Waals surface area contributed by atoms with Crippen molar-refractivity contribution < 1.29 is 9.47 Å². The van der Waals surface area contributed by atoms with Crippen molar-refractivity contribution >= 4 is 12.4 Å². The number of methoxy groups -OCH3 is 1. The van der Waals surface area contributed by atoms with Gasteiger partial charge in [-0.1, -0.05) is 0 Å². The quantitative estimate of drug-likeness (QED) is 0.695. The Morgan fingerprint density at radius 1 is 1.38 bits per heavy atom. The minimum absolute atomic E-state index is 0. The summed E-state index contributed by atoms with van der Waals surface area (Å²) in [5, 5.41) is 3.35. The minimum Gasteiger partial charge on any atom is -0.379 e. The predicted octanol–water partition coefficient (Wildman–Crippen LogP) is 0.966. The number of piperidine rings is 1. The number of halogens is 1. The van der Waals surface area contributed by atoms with Gasteiger partial charge >= 0.3 is 0 Å². The molecule has 0 aromatic rings. The van der Waals surface area contributed by atoms with Crippen LogP contribution in [0.2, 0.25) is 0 Å². The molecule has 0 aromatic heterocycles. The zero-order valence-electron chi connectivity index (χ0n) is 8.04. The van der Waals surface area contributed by atoms with E-state index in [0.717, 1.165) is 39.0 Å². The average Bonchev–Trinajstić information content (AvgIpc) is 2.50. The highest BCUT2D eigenvalue weighted by atomic mass is 35.5. The first-order valence-corrected chi connectivity index (χ1v) is 4.72. The summed E-state index contributed by atoms with van der Waals surface area (Å²) in [7, 11) is 1.77. The molecule has 2 fully saturated rings. The van der Waals surface area contributed by atoms with Crippen molar-refractivity contribution in [3.05, 3.63) is 0 Å². The van der Waals surface area contributed by atoms with Crippen LogP contribution < -0.4 is 5.32 Å². The second-order valence-electron chi connectivity index (χ2n) is 3.81. The third-order valence-corrected chi connectivity index (χ3v) is 3.02. The normalized spacial score (nSPS) is 31.6. The molecule has 1 N–H and O–H groups in total. The highest BCUT2D eigenvalue weighted by molar-refractivity contribution is 5.85. The highest BCUT2D eigenvalue weighted by Crippen LogP contribution is 2.34. The van der Waals surface area contributed by atoms with Crippen LogP contribution in [0.1, 0.15) is 19.3 Å². The molecule has 0 aliphatic carbocycles. The molecule has 2 heterocycles. The van der Waals surface area contributed by atoms with E-state index in [2.05, 4.69) is 5.32 Å². The molecule has 0 amide bonds. The van der Waals surface area contributed by atoms with Crippen LogP contribution in [0.25, 0.3) is 0 Å². The first-order valence-electron chi connectivity index (χ1n) is 4.72. The van der Waals surface area contributed by atoms with Gasteiger partial charge < -0.3 is 14.8 Å². The molecule has 2 aliphatic heterocycles. The third-order valence-electron chi connectivity index (χ3n) is 3.02. The van der Waals surface area contributed by atoms with Gasteiger partial charge in [0.25, 0.3) is 0 Å². The molecule has 4 heteroatoms. The molecule has 1 spiro atoms. The molecule has 0 aromatic carbocycles. The molecular formula is C9H18ClNO2. The number of hydrogen-bond acceptors (Lipinski definition) is 3. The number of ether oxygens (including phenoxy) is 2. The van der Waals surface area contributed by atoms with E-state index in [4.69, 9.17) is 9.47 Å². The van der Waals surface area contributed by atoms with E-state index in [0.29, 0.717) is 6.10 Å². The second kappa shape index (κ2) is 4.60. The fourth-order valence-electron chi connectivity index (χ4n) is 2.18. The lowest BCUT2D eigenvalue weighted by Crippen LogP contribution is -2.41. The van der Waals surface area contributed by atoms with Crippen molar-refractivity contribution in [1.82, 2.24) is 5.32 Å². The van der Waals surface area contributed by atoms with E-state index < -0.39 is 0 Å². The summed E-state index contributed by atoms with van der Waals surface area (Å²) >= 11 is 0. The van der Waals surface area contributed by atoms with Gasteiger partial charge in [-0.15, -0.1) is 12.4 Å². The molecule has 3 nitrogen and oxygen atoms in total. The van der Waals surface area contributed by atoms with E-state index in [1.165, 1.54) is 0 Å². The van der Waals surface area contributed by atoms with Gasteiger partial charge in [-0.2, -0.15) is 0 Å². The van der Waals surface area contributed by atoms with Crippen molar-refractivity contribution in [3.8, 4) is 0 Å². The molecule has 2 saturated heterocycles. The lowest BCUT2D eigenvalue weighted by atomic mass is 9.89. The van der Waals surface area contributed by atoms with Gasteiger partial charge in [0.05, 0.1) is 18.3 Å². The van der Waals surface area contributed by atoms with Crippen LogP contribution in [0.5, 0.6) is 0 Å². The third kappa shape index (κ3) is 2.34. The van der Waals surface area contributed by atoms with E-state index in [1.54, 1.807) is 7.11 Å². The summed E-state index contributed by atoms with van der Waals surface area (Å²) in [6.07, 6.45) is 3.72. The minimum atomic E-state index is 0. The molecule has 0 saturated carbocycles. The predicted molar refractivity (Wildman–Crippen MR) is 53.4 cm³/mol. The Bertz CT molecular complexity index is 160. The van der Waals surface area contributed by atoms with Crippen molar-refractivity contribution in [2.24, 2.45) is 0 Å². The number of rotatable bonds is 1. The topological polar surface area (TPSA) is 30.5 Å². The summed E-state index contributed by atoms with van der Waals surface area (Å²) in [6, 6.07) is 0. The van der Waals surface area contributed by atoms with Gasteiger partial charge in [0.15, 0.2) is 0 Å². The lowest BCUT2D eigenvalue weighted by molar-refractivity contribution is -0.0218. The Kier molecular flexibility index (Phi) is 3.98. The average molecular weight is 208 g/mol. The molecular weight excluding hydrogens is 190 g/mol. The Labute approximate surface area is 85.6 Å². The largest absolute Gasteiger partial charge is 0.379 e. The van der Waals surface area contributed by atoms with Gasteiger partial charge in [-0.25, -0.2) is 0 Å². The molecule has 1 atom stereocenters. The zero-order valence-corrected chi connectivity index (χ0v) is 8.86. The Morgan fingerprint density at radius 3 is 2.62 bits per heavy atom. The second-order valence-corrected chi connectivity index (χ2v) is 3.81. The van der Waals surface area contributed by atoms with Crippen molar-refractivity contribution in [1.29, 1.82) is 0 Å². The molecule has 78 valence electrons. The first-order chi connectivity index (χ1) is 5.85. The van der Waals surface area contributed by atoms with Gasteiger partial charge in [-0.05, 0) is 25.9 Å². The molecule has 2 rings (SSSR count). The lowest BCUT2D eigenvalue weighted by Gasteiger charge is -2.32. The van der Waals surface area contributed by atoms with Crippen LogP contribution in [0.15, 0.2) is 0 Å². The fourth-order valence-corrected chi connectivity index (χ4v) is 2.18. The molecule has 1 unspecified atom stereocenters. The zero-order chi connectivity index (χ0) is 8.44. The summed E-state index contributed by atoms with van der Waals surface area (Å²) in [6.45, 7) is 2.98. The maximum Gasteiger partial charge on any atom is 0.0832 e. The molecule has 0 bridgehead atoms. The van der Waals surface area contributed by atoms with Crippen LogP contribution >= 0.6 is 12.4 Å². The Hall–Kier alpha value is 0.170. The van der Waals surface area contributed by atoms with Gasteiger partial charge in [0.2, 0.25) is 0 Å². The molecule has 13 heavy (non-hydrogen) atoms. The van der Waals surface area contributed by atoms with Crippen molar-refractivity contribution in [2.75, 3.05) is 26.8 Å². The SMILES string of the molecule is COC1COC2(CCNCC2)C1.Cl.